The lowest BCUT2D eigenvalue weighted by atomic mass is 9.77. The van der Waals surface area contributed by atoms with Crippen molar-refractivity contribution in [2.45, 2.75) is 65.2 Å². The topological polar surface area (TPSA) is 9.23 Å². The highest BCUT2D eigenvalue weighted by atomic mass is 16.5. The summed E-state index contributed by atoms with van der Waals surface area (Å²) in [5, 5.41) is 0. The van der Waals surface area contributed by atoms with E-state index in [1.54, 1.807) is 7.11 Å². The first-order chi connectivity index (χ1) is 9.02. The number of methoxy groups -OCH3 is 1. The van der Waals surface area contributed by atoms with Crippen molar-refractivity contribution in [3.8, 4) is 5.75 Å². The minimum absolute atomic E-state index is 0.0578. The first-order valence-corrected chi connectivity index (χ1v) is 7.37. The van der Waals surface area contributed by atoms with Gasteiger partial charge in [-0.05, 0) is 16.4 Å². The molecule has 1 atom stereocenters. The van der Waals surface area contributed by atoms with E-state index in [2.05, 4.69) is 67.2 Å². The fourth-order valence-corrected chi connectivity index (χ4v) is 2.33. The third kappa shape index (κ3) is 3.45. The third-order valence-corrected chi connectivity index (χ3v) is 3.84. The maximum Gasteiger partial charge on any atom is 0.126 e. The molecule has 0 saturated heterocycles. The largest absolute Gasteiger partial charge is 0.496 e. The van der Waals surface area contributed by atoms with Crippen LogP contribution in [0.3, 0.4) is 0 Å². The molecule has 1 unspecified atom stereocenters. The lowest BCUT2D eigenvalue weighted by Gasteiger charge is -2.29. The summed E-state index contributed by atoms with van der Waals surface area (Å²) in [6, 6.07) is 4.58. The van der Waals surface area contributed by atoms with Crippen molar-refractivity contribution in [1.82, 2.24) is 0 Å². The van der Waals surface area contributed by atoms with E-state index in [1.165, 1.54) is 16.7 Å². The molecule has 0 aromatic heterocycles. The van der Waals surface area contributed by atoms with E-state index in [1.807, 2.05) is 6.08 Å². The van der Waals surface area contributed by atoms with Crippen LogP contribution in [0.25, 0.3) is 0 Å². The van der Waals surface area contributed by atoms with Crippen LogP contribution in [0.1, 0.15) is 71.1 Å². The molecule has 112 valence electrons. The van der Waals surface area contributed by atoms with Gasteiger partial charge in [0.1, 0.15) is 5.75 Å². The van der Waals surface area contributed by atoms with Gasteiger partial charge in [-0.2, -0.15) is 0 Å². The van der Waals surface area contributed by atoms with Crippen molar-refractivity contribution in [1.29, 1.82) is 0 Å². The Morgan fingerprint density at radius 1 is 1.05 bits per heavy atom. The van der Waals surface area contributed by atoms with E-state index < -0.39 is 0 Å². The van der Waals surface area contributed by atoms with Gasteiger partial charge in [-0.3, -0.25) is 0 Å². The molecule has 0 aliphatic heterocycles. The van der Waals surface area contributed by atoms with Gasteiger partial charge in [-0.1, -0.05) is 66.7 Å². The fourth-order valence-electron chi connectivity index (χ4n) is 2.33. The number of hydrogen-bond acceptors (Lipinski definition) is 1. The summed E-state index contributed by atoms with van der Waals surface area (Å²) in [5.74, 6) is 1.30. The van der Waals surface area contributed by atoms with E-state index in [0.29, 0.717) is 0 Å². The molecule has 0 bridgehead atoms. The predicted octanol–water partition coefficient (Wildman–Crippen LogP) is 5.58. The monoisotopic (exact) mass is 274 g/mol. The van der Waals surface area contributed by atoms with Crippen LogP contribution in [-0.4, -0.2) is 7.11 Å². The van der Waals surface area contributed by atoms with Gasteiger partial charge in [0.2, 0.25) is 0 Å². The second-order valence-corrected chi connectivity index (χ2v) is 7.67. The fraction of sp³-hybridized carbons (Fsp3) is 0.579. The highest BCUT2D eigenvalue weighted by Gasteiger charge is 2.26. The van der Waals surface area contributed by atoms with Crippen LogP contribution in [0.5, 0.6) is 5.75 Å². The van der Waals surface area contributed by atoms with Gasteiger partial charge in [0.15, 0.2) is 0 Å². The molecule has 0 radical (unpaired) electrons. The number of allylic oxidation sites excluding steroid dienone is 1. The van der Waals surface area contributed by atoms with Crippen LogP contribution in [0.4, 0.5) is 0 Å². The van der Waals surface area contributed by atoms with E-state index in [0.717, 1.165) is 5.75 Å². The van der Waals surface area contributed by atoms with E-state index in [9.17, 15) is 0 Å². The van der Waals surface area contributed by atoms with Gasteiger partial charge in [0, 0.05) is 17.0 Å². The van der Waals surface area contributed by atoms with Gasteiger partial charge in [0.25, 0.3) is 0 Å². The second kappa shape index (κ2) is 5.63. The van der Waals surface area contributed by atoms with Crippen molar-refractivity contribution >= 4 is 0 Å². The highest BCUT2D eigenvalue weighted by molar-refractivity contribution is 5.51. The summed E-state index contributed by atoms with van der Waals surface area (Å²) in [4.78, 5) is 0. The average Bonchev–Trinajstić information content (AvgIpc) is 2.33. The first kappa shape index (κ1) is 16.8. The molecule has 1 nitrogen and oxygen atoms in total. The Morgan fingerprint density at radius 2 is 1.60 bits per heavy atom. The summed E-state index contributed by atoms with van der Waals surface area (Å²) in [6.45, 7) is 19.6. The zero-order valence-corrected chi connectivity index (χ0v) is 14.4. The van der Waals surface area contributed by atoms with E-state index in [-0.39, 0.29) is 16.7 Å². The molecule has 0 heterocycles. The number of hydrogen-bond donors (Lipinski definition) is 0. The van der Waals surface area contributed by atoms with E-state index in [4.69, 9.17) is 4.74 Å². The lowest BCUT2D eigenvalue weighted by Crippen LogP contribution is -2.19. The smallest absolute Gasteiger partial charge is 0.126 e. The Bertz CT molecular complexity index is 484. The molecule has 1 rings (SSSR count). The lowest BCUT2D eigenvalue weighted by molar-refractivity contribution is 0.390. The van der Waals surface area contributed by atoms with Crippen molar-refractivity contribution in [2.75, 3.05) is 7.11 Å². The summed E-state index contributed by atoms with van der Waals surface area (Å²) < 4.78 is 5.75. The second-order valence-electron chi connectivity index (χ2n) is 7.67. The van der Waals surface area contributed by atoms with Crippen LogP contribution < -0.4 is 4.74 Å². The van der Waals surface area contributed by atoms with Crippen LogP contribution in [0.15, 0.2) is 24.8 Å². The molecule has 1 heteroatoms. The Balaban J connectivity index is 3.69. The molecule has 0 saturated carbocycles. The van der Waals surface area contributed by atoms with Gasteiger partial charge < -0.3 is 4.74 Å². The van der Waals surface area contributed by atoms with Crippen molar-refractivity contribution in [3.63, 3.8) is 0 Å². The molecule has 0 N–H and O–H groups in total. The number of ether oxygens (including phenoxy) is 1. The Labute approximate surface area is 125 Å². The van der Waals surface area contributed by atoms with Gasteiger partial charge >= 0.3 is 0 Å². The molecule has 0 aliphatic rings. The Hall–Kier alpha value is -1.24. The zero-order chi connectivity index (χ0) is 15.7. The standard InChI is InChI=1S/C19H30O/c1-10-13(2)15-11-14(18(3,4)5)12-16(17(15)20-9)19(6,7)8/h10-13H,1H2,2-9H3. The molecule has 0 spiro atoms. The molecular formula is C19H30O. The van der Waals surface area contributed by atoms with Crippen LogP contribution >= 0.6 is 0 Å². The van der Waals surface area contributed by atoms with Crippen molar-refractivity contribution < 1.29 is 4.74 Å². The van der Waals surface area contributed by atoms with Crippen LogP contribution in [0.2, 0.25) is 0 Å². The van der Waals surface area contributed by atoms with E-state index >= 15 is 0 Å². The third-order valence-electron chi connectivity index (χ3n) is 3.84. The van der Waals surface area contributed by atoms with Gasteiger partial charge in [-0.25, -0.2) is 0 Å². The molecule has 20 heavy (non-hydrogen) atoms. The zero-order valence-electron chi connectivity index (χ0n) is 14.4. The number of benzene rings is 1. The van der Waals surface area contributed by atoms with Crippen molar-refractivity contribution in [2.24, 2.45) is 0 Å². The van der Waals surface area contributed by atoms with Crippen LogP contribution in [0, 0.1) is 0 Å². The molecule has 1 aromatic rings. The number of rotatable bonds is 3. The minimum Gasteiger partial charge on any atom is -0.496 e. The molecule has 0 aliphatic carbocycles. The Kier molecular flexibility index (Phi) is 4.74. The summed E-state index contributed by atoms with van der Waals surface area (Å²) in [6.07, 6.45) is 1.98. The van der Waals surface area contributed by atoms with Crippen LogP contribution in [-0.2, 0) is 10.8 Å². The maximum atomic E-state index is 5.75. The molecule has 1 aromatic carbocycles. The average molecular weight is 274 g/mol. The van der Waals surface area contributed by atoms with Crippen molar-refractivity contribution in [3.05, 3.63) is 41.5 Å². The molecule has 0 amide bonds. The summed E-state index contributed by atoms with van der Waals surface area (Å²) >= 11 is 0. The maximum absolute atomic E-state index is 5.75. The Morgan fingerprint density at radius 3 is 1.95 bits per heavy atom. The van der Waals surface area contributed by atoms with Gasteiger partial charge in [0.05, 0.1) is 7.11 Å². The van der Waals surface area contributed by atoms with Gasteiger partial charge in [-0.15, -0.1) is 6.58 Å². The summed E-state index contributed by atoms with van der Waals surface area (Å²) in [5.41, 5.74) is 4.05. The first-order valence-electron chi connectivity index (χ1n) is 7.37. The summed E-state index contributed by atoms with van der Waals surface area (Å²) in [7, 11) is 1.76. The highest BCUT2D eigenvalue weighted by Crippen LogP contribution is 2.41. The minimum atomic E-state index is 0.0578. The molecular weight excluding hydrogens is 244 g/mol. The molecule has 0 fully saturated rings. The normalized spacial score (nSPS) is 14.0. The quantitative estimate of drug-likeness (QED) is 0.654. The predicted molar refractivity (Wildman–Crippen MR) is 89.0 cm³/mol. The SMILES string of the molecule is C=CC(C)c1cc(C(C)(C)C)cc(C(C)(C)C)c1OC.